The van der Waals surface area contributed by atoms with Gasteiger partial charge in [-0.05, 0) is 6.42 Å². The minimum atomic E-state index is -0.736. The third kappa shape index (κ3) is 1.55. The maximum absolute atomic E-state index is 9.31. The second-order valence-electron chi connectivity index (χ2n) is 3.03. The Hall–Kier alpha value is -0.120. The summed E-state index contributed by atoms with van der Waals surface area (Å²) in [7, 11) is 1.60. The van der Waals surface area contributed by atoms with Crippen LogP contribution in [0.4, 0.5) is 0 Å². The molecule has 0 bridgehead atoms. The van der Waals surface area contributed by atoms with Gasteiger partial charge in [0.1, 0.15) is 6.10 Å². The van der Waals surface area contributed by atoms with Crippen molar-refractivity contribution in [1.29, 1.82) is 0 Å². The number of hydrogen-bond acceptors (Lipinski definition) is 3. The molecule has 0 spiro atoms. The van der Waals surface area contributed by atoms with Crippen LogP contribution in [0.2, 0.25) is 0 Å². The lowest BCUT2D eigenvalue weighted by atomic mass is 9.99. The van der Waals surface area contributed by atoms with Crippen molar-refractivity contribution >= 4 is 0 Å². The summed E-state index contributed by atoms with van der Waals surface area (Å²) in [5.74, 6) is 0.292. The predicted octanol–water partition coefficient (Wildman–Crippen LogP) is 0.765. The summed E-state index contributed by atoms with van der Waals surface area (Å²) >= 11 is 0. The average molecular weight is 160 g/mol. The van der Waals surface area contributed by atoms with E-state index in [4.69, 9.17) is 9.47 Å². The first-order valence-electron chi connectivity index (χ1n) is 4.07. The number of rotatable bonds is 2. The second-order valence-corrected chi connectivity index (χ2v) is 3.03. The van der Waals surface area contributed by atoms with Crippen LogP contribution in [-0.2, 0) is 9.47 Å². The Morgan fingerprint density at radius 1 is 1.55 bits per heavy atom. The van der Waals surface area contributed by atoms with E-state index in [2.05, 4.69) is 0 Å². The normalized spacial score (nSPS) is 44.7. The highest BCUT2D eigenvalue weighted by Gasteiger charge is 2.39. The minimum Gasteiger partial charge on any atom is -0.376 e. The van der Waals surface area contributed by atoms with Crippen LogP contribution in [0.5, 0.6) is 0 Å². The largest absolute Gasteiger partial charge is 0.376 e. The molecule has 0 aliphatic carbocycles. The SMILES string of the molecule is CC[C@H]1O[C@@H](O)[C@H](OC)[C@H]1C. The van der Waals surface area contributed by atoms with E-state index in [-0.39, 0.29) is 12.2 Å². The summed E-state index contributed by atoms with van der Waals surface area (Å²) in [6, 6.07) is 0. The maximum Gasteiger partial charge on any atom is 0.181 e. The van der Waals surface area contributed by atoms with Crippen molar-refractivity contribution in [2.24, 2.45) is 5.92 Å². The van der Waals surface area contributed by atoms with Crippen LogP contribution in [0.1, 0.15) is 20.3 Å². The molecule has 1 heterocycles. The quantitative estimate of drug-likeness (QED) is 0.648. The van der Waals surface area contributed by atoms with Crippen LogP contribution < -0.4 is 0 Å². The molecule has 0 aromatic heterocycles. The van der Waals surface area contributed by atoms with Gasteiger partial charge in [0, 0.05) is 13.0 Å². The van der Waals surface area contributed by atoms with Crippen LogP contribution in [-0.4, -0.2) is 30.7 Å². The Kier molecular flexibility index (Phi) is 2.87. The highest BCUT2D eigenvalue weighted by molar-refractivity contribution is 4.82. The van der Waals surface area contributed by atoms with Gasteiger partial charge in [0.2, 0.25) is 0 Å². The van der Waals surface area contributed by atoms with Gasteiger partial charge in [0.05, 0.1) is 6.10 Å². The zero-order valence-corrected chi connectivity index (χ0v) is 7.28. The van der Waals surface area contributed by atoms with E-state index in [9.17, 15) is 5.11 Å². The number of aliphatic hydroxyl groups excluding tert-OH is 1. The standard InChI is InChI=1S/C8H16O3/c1-4-6-5(2)7(10-3)8(9)11-6/h5-9H,4H2,1-3H3/t5-,6+,7+,8+/m0/s1. The van der Waals surface area contributed by atoms with Crippen LogP contribution in [0, 0.1) is 5.92 Å². The van der Waals surface area contributed by atoms with E-state index in [1.807, 2.05) is 13.8 Å². The van der Waals surface area contributed by atoms with Gasteiger partial charge in [-0.15, -0.1) is 0 Å². The predicted molar refractivity (Wildman–Crippen MR) is 41.1 cm³/mol. The molecule has 0 aromatic rings. The summed E-state index contributed by atoms with van der Waals surface area (Å²) in [4.78, 5) is 0. The van der Waals surface area contributed by atoms with Crippen LogP contribution in [0.3, 0.4) is 0 Å². The molecule has 3 nitrogen and oxygen atoms in total. The number of hydrogen-bond donors (Lipinski definition) is 1. The first kappa shape index (κ1) is 8.97. The van der Waals surface area contributed by atoms with Crippen molar-refractivity contribution in [2.75, 3.05) is 7.11 Å². The van der Waals surface area contributed by atoms with Crippen molar-refractivity contribution in [3.05, 3.63) is 0 Å². The van der Waals surface area contributed by atoms with Crippen LogP contribution in [0.15, 0.2) is 0 Å². The van der Waals surface area contributed by atoms with Gasteiger partial charge >= 0.3 is 0 Å². The highest BCUT2D eigenvalue weighted by Crippen LogP contribution is 2.28. The van der Waals surface area contributed by atoms with Gasteiger partial charge in [-0.1, -0.05) is 13.8 Å². The molecule has 1 saturated heterocycles. The Balaban J connectivity index is 2.55. The lowest BCUT2D eigenvalue weighted by Gasteiger charge is -2.15. The van der Waals surface area contributed by atoms with E-state index in [0.29, 0.717) is 5.92 Å². The molecule has 0 unspecified atom stereocenters. The van der Waals surface area contributed by atoms with Crippen molar-refractivity contribution in [3.8, 4) is 0 Å². The molecule has 3 heteroatoms. The minimum absolute atomic E-state index is 0.148. The summed E-state index contributed by atoms with van der Waals surface area (Å²) in [5.41, 5.74) is 0. The molecular weight excluding hydrogens is 144 g/mol. The maximum atomic E-state index is 9.31. The third-order valence-electron chi connectivity index (χ3n) is 2.37. The monoisotopic (exact) mass is 160 g/mol. The topological polar surface area (TPSA) is 38.7 Å². The van der Waals surface area contributed by atoms with E-state index in [1.165, 1.54) is 0 Å². The van der Waals surface area contributed by atoms with Gasteiger partial charge in [-0.3, -0.25) is 0 Å². The van der Waals surface area contributed by atoms with Gasteiger partial charge < -0.3 is 14.6 Å². The van der Waals surface area contributed by atoms with Crippen molar-refractivity contribution in [2.45, 2.75) is 38.8 Å². The Labute approximate surface area is 67.3 Å². The number of methoxy groups -OCH3 is 1. The van der Waals surface area contributed by atoms with Crippen LogP contribution in [0.25, 0.3) is 0 Å². The molecular formula is C8H16O3. The molecule has 1 fully saturated rings. The molecule has 1 aliphatic heterocycles. The highest BCUT2D eigenvalue weighted by atomic mass is 16.6. The van der Waals surface area contributed by atoms with E-state index < -0.39 is 6.29 Å². The van der Waals surface area contributed by atoms with Crippen molar-refractivity contribution < 1.29 is 14.6 Å². The lowest BCUT2D eigenvalue weighted by molar-refractivity contribution is -0.134. The summed E-state index contributed by atoms with van der Waals surface area (Å²) < 4.78 is 10.3. The Bertz CT molecular complexity index is 127. The summed E-state index contributed by atoms with van der Waals surface area (Å²) in [5, 5.41) is 9.31. The first-order chi connectivity index (χ1) is 5.20. The zero-order valence-electron chi connectivity index (χ0n) is 7.28. The average Bonchev–Trinajstić information content (AvgIpc) is 2.26. The molecule has 4 atom stereocenters. The third-order valence-corrected chi connectivity index (χ3v) is 2.37. The Morgan fingerprint density at radius 2 is 2.18 bits per heavy atom. The summed E-state index contributed by atoms with van der Waals surface area (Å²) in [6.07, 6.45) is 0.188. The van der Waals surface area contributed by atoms with Crippen molar-refractivity contribution in [3.63, 3.8) is 0 Å². The second kappa shape index (κ2) is 3.52. The summed E-state index contributed by atoms with van der Waals surface area (Å²) in [6.45, 7) is 4.09. The smallest absolute Gasteiger partial charge is 0.181 e. The number of aliphatic hydroxyl groups is 1. The molecule has 11 heavy (non-hydrogen) atoms. The van der Waals surface area contributed by atoms with Gasteiger partial charge in [0.25, 0.3) is 0 Å². The lowest BCUT2D eigenvalue weighted by Crippen LogP contribution is -2.27. The van der Waals surface area contributed by atoms with E-state index in [0.717, 1.165) is 6.42 Å². The molecule has 0 aromatic carbocycles. The van der Waals surface area contributed by atoms with Gasteiger partial charge in [-0.25, -0.2) is 0 Å². The Morgan fingerprint density at radius 3 is 2.45 bits per heavy atom. The van der Waals surface area contributed by atoms with E-state index in [1.54, 1.807) is 7.11 Å². The van der Waals surface area contributed by atoms with Gasteiger partial charge in [-0.2, -0.15) is 0 Å². The van der Waals surface area contributed by atoms with Crippen LogP contribution >= 0.6 is 0 Å². The first-order valence-corrected chi connectivity index (χ1v) is 4.07. The fourth-order valence-electron chi connectivity index (χ4n) is 1.65. The zero-order chi connectivity index (χ0) is 8.43. The molecule has 1 rings (SSSR count). The molecule has 1 N–H and O–H groups in total. The van der Waals surface area contributed by atoms with Crippen molar-refractivity contribution in [1.82, 2.24) is 0 Å². The van der Waals surface area contributed by atoms with Gasteiger partial charge in [0.15, 0.2) is 6.29 Å². The number of ether oxygens (including phenoxy) is 2. The molecule has 0 radical (unpaired) electrons. The fraction of sp³-hybridized carbons (Fsp3) is 1.00. The fourth-order valence-corrected chi connectivity index (χ4v) is 1.65. The van der Waals surface area contributed by atoms with E-state index >= 15 is 0 Å². The molecule has 66 valence electrons. The molecule has 0 saturated carbocycles. The molecule has 0 amide bonds. The molecule has 1 aliphatic rings.